The van der Waals surface area contributed by atoms with Crippen molar-refractivity contribution in [1.29, 1.82) is 0 Å². The van der Waals surface area contributed by atoms with Gasteiger partial charge in [-0.25, -0.2) is 0 Å². The minimum Gasteiger partial charge on any atom is -0.365 e. The van der Waals surface area contributed by atoms with Gasteiger partial charge in [-0.1, -0.05) is 17.7 Å². The first-order valence-electron chi connectivity index (χ1n) is 4.72. The molecule has 20 heavy (non-hydrogen) atoms. The highest BCUT2D eigenvalue weighted by Crippen LogP contribution is 2.57. The van der Waals surface area contributed by atoms with E-state index in [1.54, 1.807) is 0 Å². The molecule has 1 unspecified atom stereocenters. The quantitative estimate of drug-likeness (QED) is 0.466. The number of rotatable bonds is 3. The van der Waals surface area contributed by atoms with Crippen molar-refractivity contribution in [3.8, 4) is 0 Å². The van der Waals surface area contributed by atoms with Crippen LogP contribution in [0.5, 0.6) is 0 Å². The lowest BCUT2D eigenvalue weighted by Gasteiger charge is -2.41. The summed E-state index contributed by atoms with van der Waals surface area (Å²) < 4.78 is 114. The molecule has 0 radical (unpaired) electrons. The number of hydrogen-bond acceptors (Lipinski definition) is 1. The van der Waals surface area contributed by atoms with Gasteiger partial charge in [0.1, 0.15) is 0 Å². The summed E-state index contributed by atoms with van der Waals surface area (Å²) in [5, 5.41) is 1.43. The smallest absolute Gasteiger partial charge is 0.365 e. The van der Waals surface area contributed by atoms with E-state index in [-0.39, 0.29) is 6.08 Å². The highest BCUT2D eigenvalue weighted by Gasteiger charge is 2.85. The molecule has 0 aromatic heterocycles. The Labute approximate surface area is 111 Å². The van der Waals surface area contributed by atoms with Gasteiger partial charge in [0.15, 0.2) is 0 Å². The first kappa shape index (κ1) is 17.0. The average Bonchev–Trinajstić information content (AvgIpc) is 2.27. The normalized spacial score (nSPS) is 24.7. The summed E-state index contributed by atoms with van der Waals surface area (Å²) in [7, 11) is 0. The molecule has 1 aliphatic rings. The van der Waals surface area contributed by atoms with Crippen LogP contribution in [0.3, 0.4) is 0 Å². The molecule has 1 atom stereocenters. The Morgan fingerprint density at radius 3 is 1.65 bits per heavy atom. The van der Waals surface area contributed by atoms with Gasteiger partial charge in [0.25, 0.3) is 0 Å². The summed E-state index contributed by atoms with van der Waals surface area (Å²) in [6.45, 7) is 0. The SMILES string of the molecule is FC(F)(F)C(F)(F)C(F)(F)C(F)(F)C1(Cl)C=CC=CN1. The van der Waals surface area contributed by atoms with Crippen LogP contribution in [-0.2, 0) is 0 Å². The lowest BCUT2D eigenvalue weighted by atomic mass is 9.95. The van der Waals surface area contributed by atoms with Crippen molar-refractivity contribution in [2.75, 3.05) is 0 Å². The fraction of sp³-hybridized carbons (Fsp3) is 0.556. The maximum atomic E-state index is 13.5. The molecule has 1 nitrogen and oxygen atoms in total. The molecule has 1 rings (SSSR count). The number of alkyl halides is 10. The van der Waals surface area contributed by atoms with E-state index >= 15 is 0 Å². The second kappa shape index (κ2) is 4.47. The van der Waals surface area contributed by atoms with Crippen LogP contribution < -0.4 is 5.32 Å². The average molecular weight is 334 g/mol. The number of nitrogens with one attached hydrogen (secondary N) is 1. The zero-order valence-electron chi connectivity index (χ0n) is 9.09. The molecule has 116 valence electrons. The van der Waals surface area contributed by atoms with Crippen molar-refractivity contribution in [3.63, 3.8) is 0 Å². The molecular formula is C9H5ClF9N. The van der Waals surface area contributed by atoms with E-state index in [9.17, 15) is 39.5 Å². The second-order valence-electron chi connectivity index (χ2n) is 3.80. The molecule has 0 aromatic rings. The third-order valence-electron chi connectivity index (χ3n) is 2.43. The van der Waals surface area contributed by atoms with Gasteiger partial charge in [0, 0.05) is 0 Å². The summed E-state index contributed by atoms with van der Waals surface area (Å²) >= 11 is 5.03. The van der Waals surface area contributed by atoms with Crippen molar-refractivity contribution in [1.82, 2.24) is 5.32 Å². The standard InChI is InChI=1S/C9H5ClF9N/c10-5(3-1-2-4-20-5)6(11,12)7(13,14)8(15,16)9(17,18)19/h1-4,20H. The number of allylic oxidation sites excluding steroid dienone is 2. The van der Waals surface area contributed by atoms with Gasteiger partial charge in [-0.15, -0.1) is 0 Å². The molecule has 0 spiro atoms. The van der Waals surface area contributed by atoms with Crippen molar-refractivity contribution >= 4 is 11.6 Å². The first-order chi connectivity index (χ1) is 8.71. The molecule has 0 fully saturated rings. The summed E-state index contributed by atoms with van der Waals surface area (Å²) in [5.41, 5.74) is 0. The van der Waals surface area contributed by atoms with Crippen LogP contribution in [0.4, 0.5) is 39.5 Å². The second-order valence-corrected chi connectivity index (χ2v) is 4.39. The molecule has 0 amide bonds. The summed E-state index contributed by atoms with van der Waals surface area (Å²) in [6.07, 6.45) is -4.44. The van der Waals surface area contributed by atoms with Gasteiger partial charge < -0.3 is 5.32 Å². The highest BCUT2D eigenvalue weighted by atomic mass is 35.5. The zero-order chi connectivity index (χ0) is 16.0. The van der Waals surface area contributed by atoms with Crippen LogP contribution in [0, 0.1) is 0 Å². The summed E-state index contributed by atoms with van der Waals surface area (Å²) in [4.78, 5) is -3.63. The molecule has 11 heteroatoms. The van der Waals surface area contributed by atoms with Crippen molar-refractivity contribution in [2.24, 2.45) is 0 Å². The van der Waals surface area contributed by atoms with Gasteiger partial charge in [-0.2, -0.15) is 39.5 Å². The third kappa shape index (κ3) is 2.13. The van der Waals surface area contributed by atoms with Gasteiger partial charge >= 0.3 is 23.9 Å². The van der Waals surface area contributed by atoms with E-state index < -0.39 is 28.9 Å². The van der Waals surface area contributed by atoms with E-state index in [0.717, 1.165) is 6.08 Å². The van der Waals surface area contributed by atoms with Crippen LogP contribution in [0.25, 0.3) is 0 Å². The minimum absolute atomic E-state index is 0.148. The van der Waals surface area contributed by atoms with Gasteiger partial charge in [-0.3, -0.25) is 0 Å². The molecule has 1 N–H and O–H groups in total. The van der Waals surface area contributed by atoms with Crippen molar-refractivity contribution < 1.29 is 39.5 Å². The van der Waals surface area contributed by atoms with E-state index in [4.69, 9.17) is 11.6 Å². The lowest BCUT2D eigenvalue weighted by Crippen LogP contribution is -2.69. The Morgan fingerprint density at radius 2 is 1.30 bits per heavy atom. The fourth-order valence-corrected chi connectivity index (χ4v) is 1.51. The Bertz CT molecular complexity index is 439. The molecule has 1 aliphatic heterocycles. The monoisotopic (exact) mass is 333 g/mol. The Morgan fingerprint density at radius 1 is 0.800 bits per heavy atom. The van der Waals surface area contributed by atoms with E-state index in [1.807, 2.05) is 0 Å². The molecule has 0 saturated carbocycles. The van der Waals surface area contributed by atoms with Crippen LogP contribution >= 0.6 is 11.6 Å². The van der Waals surface area contributed by atoms with Gasteiger partial charge in [-0.05, 0) is 18.4 Å². The molecule has 1 heterocycles. The molecule has 0 saturated heterocycles. The van der Waals surface area contributed by atoms with Crippen LogP contribution in [0.15, 0.2) is 24.4 Å². The Hall–Kier alpha value is -1.06. The lowest BCUT2D eigenvalue weighted by molar-refractivity contribution is -0.399. The molecule has 0 aliphatic carbocycles. The van der Waals surface area contributed by atoms with E-state index in [2.05, 4.69) is 0 Å². The maximum Gasteiger partial charge on any atom is 0.460 e. The number of hydrogen-bond donors (Lipinski definition) is 1. The summed E-state index contributed by atoms with van der Waals surface area (Å²) in [6, 6.07) is 0. The first-order valence-corrected chi connectivity index (χ1v) is 5.10. The predicted molar refractivity (Wildman–Crippen MR) is 50.9 cm³/mol. The fourth-order valence-electron chi connectivity index (χ4n) is 1.26. The topological polar surface area (TPSA) is 12.0 Å². The molecule has 0 bridgehead atoms. The maximum absolute atomic E-state index is 13.5. The Kier molecular flexibility index (Phi) is 3.80. The number of halogens is 10. The van der Waals surface area contributed by atoms with Crippen LogP contribution in [0.1, 0.15) is 0 Å². The van der Waals surface area contributed by atoms with Crippen LogP contribution in [0.2, 0.25) is 0 Å². The Balaban J connectivity index is 3.32. The largest absolute Gasteiger partial charge is 0.460 e. The molecule has 0 aromatic carbocycles. The predicted octanol–water partition coefficient (Wildman–Crippen LogP) is 4.06. The van der Waals surface area contributed by atoms with E-state index in [0.29, 0.717) is 12.3 Å². The van der Waals surface area contributed by atoms with Crippen molar-refractivity contribution in [2.45, 2.75) is 28.9 Å². The van der Waals surface area contributed by atoms with Gasteiger partial charge in [0.2, 0.25) is 5.00 Å². The minimum atomic E-state index is -6.97. The highest BCUT2D eigenvalue weighted by molar-refractivity contribution is 6.26. The number of dihydropyridines is 1. The van der Waals surface area contributed by atoms with Crippen LogP contribution in [-0.4, -0.2) is 28.9 Å². The van der Waals surface area contributed by atoms with E-state index in [1.165, 1.54) is 5.32 Å². The third-order valence-corrected chi connectivity index (χ3v) is 2.90. The molecular weight excluding hydrogens is 329 g/mol. The summed E-state index contributed by atoms with van der Waals surface area (Å²) in [5.74, 6) is -19.7. The van der Waals surface area contributed by atoms with Gasteiger partial charge in [0.05, 0.1) is 0 Å². The van der Waals surface area contributed by atoms with Crippen molar-refractivity contribution in [3.05, 3.63) is 24.4 Å². The zero-order valence-corrected chi connectivity index (χ0v) is 9.84.